The van der Waals surface area contributed by atoms with Gasteiger partial charge in [-0.3, -0.25) is 4.79 Å². The minimum Gasteiger partial charge on any atom is -0.392 e. The molecule has 1 aliphatic rings. The van der Waals surface area contributed by atoms with Crippen molar-refractivity contribution >= 4 is 23.1 Å². The molecule has 1 unspecified atom stereocenters. The van der Waals surface area contributed by atoms with Crippen LogP contribution in [0.1, 0.15) is 46.0 Å². The largest absolute Gasteiger partial charge is 0.392 e. The molecule has 0 aliphatic heterocycles. The third-order valence-electron chi connectivity index (χ3n) is 3.25. The second kappa shape index (κ2) is 6.18. The molecule has 3 nitrogen and oxygen atoms in total. The Hall–Kier alpha value is -0.640. The molecule has 0 spiro atoms. The number of rotatable bonds is 4. The van der Waals surface area contributed by atoms with Crippen LogP contribution in [0, 0.1) is 11.8 Å². The zero-order chi connectivity index (χ0) is 12.1. The van der Waals surface area contributed by atoms with E-state index in [1.807, 2.05) is 13.8 Å². The standard InChI is InChI=1S/C12H22N2OS/c1-8(2)12(15)14-10(11(13)16)9-6-4-3-5-7-9/h8-10H,3-7H2,1-2H3,(H2,13,16)(H,14,15). The van der Waals surface area contributed by atoms with Crippen LogP contribution in [0.4, 0.5) is 0 Å². The van der Waals surface area contributed by atoms with Crippen LogP contribution in [-0.2, 0) is 4.79 Å². The van der Waals surface area contributed by atoms with Gasteiger partial charge in [-0.05, 0) is 18.8 Å². The summed E-state index contributed by atoms with van der Waals surface area (Å²) in [6.45, 7) is 3.76. The average molecular weight is 242 g/mol. The Balaban J connectivity index is 2.59. The van der Waals surface area contributed by atoms with Gasteiger partial charge in [0.2, 0.25) is 5.91 Å². The zero-order valence-electron chi connectivity index (χ0n) is 10.2. The lowest BCUT2D eigenvalue weighted by molar-refractivity contribution is -0.124. The van der Waals surface area contributed by atoms with E-state index in [0.717, 1.165) is 12.8 Å². The molecule has 0 aromatic rings. The molecule has 0 aromatic heterocycles. The lowest BCUT2D eigenvalue weighted by atomic mass is 9.83. The van der Waals surface area contributed by atoms with Crippen LogP contribution in [0.15, 0.2) is 0 Å². The van der Waals surface area contributed by atoms with Crippen molar-refractivity contribution in [3.05, 3.63) is 0 Å². The van der Waals surface area contributed by atoms with Crippen molar-refractivity contribution < 1.29 is 4.79 Å². The zero-order valence-corrected chi connectivity index (χ0v) is 11.0. The van der Waals surface area contributed by atoms with Crippen LogP contribution in [0.25, 0.3) is 0 Å². The summed E-state index contributed by atoms with van der Waals surface area (Å²) in [5.41, 5.74) is 5.73. The van der Waals surface area contributed by atoms with E-state index in [-0.39, 0.29) is 17.9 Å². The van der Waals surface area contributed by atoms with Gasteiger partial charge in [0.15, 0.2) is 0 Å². The quantitative estimate of drug-likeness (QED) is 0.741. The molecule has 4 heteroatoms. The van der Waals surface area contributed by atoms with Gasteiger partial charge < -0.3 is 11.1 Å². The predicted molar refractivity (Wildman–Crippen MR) is 70.1 cm³/mol. The smallest absolute Gasteiger partial charge is 0.223 e. The molecular weight excluding hydrogens is 220 g/mol. The van der Waals surface area contributed by atoms with Gasteiger partial charge in [0, 0.05) is 5.92 Å². The predicted octanol–water partition coefficient (Wildman–Crippen LogP) is 1.99. The summed E-state index contributed by atoms with van der Waals surface area (Å²) in [6, 6.07) is -0.106. The highest BCUT2D eigenvalue weighted by Gasteiger charge is 2.27. The molecule has 0 heterocycles. The molecule has 1 saturated carbocycles. The van der Waals surface area contributed by atoms with Crippen LogP contribution in [0.3, 0.4) is 0 Å². The van der Waals surface area contributed by atoms with Crippen molar-refractivity contribution in [2.24, 2.45) is 17.6 Å². The Morgan fingerprint density at radius 2 is 1.88 bits per heavy atom. The number of carbonyl (C=O) groups excluding carboxylic acids is 1. The molecule has 0 saturated heterocycles. The first-order chi connectivity index (χ1) is 7.52. The fourth-order valence-corrected chi connectivity index (χ4v) is 2.46. The monoisotopic (exact) mass is 242 g/mol. The van der Waals surface area contributed by atoms with Crippen LogP contribution >= 0.6 is 12.2 Å². The van der Waals surface area contributed by atoms with E-state index in [0.29, 0.717) is 10.9 Å². The molecule has 0 radical (unpaired) electrons. The van der Waals surface area contributed by atoms with Gasteiger partial charge >= 0.3 is 0 Å². The third kappa shape index (κ3) is 3.74. The van der Waals surface area contributed by atoms with E-state index in [4.69, 9.17) is 18.0 Å². The summed E-state index contributed by atoms with van der Waals surface area (Å²) < 4.78 is 0. The summed E-state index contributed by atoms with van der Waals surface area (Å²) in [6.07, 6.45) is 5.99. The Bertz CT molecular complexity index is 260. The van der Waals surface area contributed by atoms with Gasteiger partial charge in [-0.25, -0.2) is 0 Å². The second-order valence-electron chi connectivity index (χ2n) is 4.94. The first-order valence-electron chi connectivity index (χ1n) is 6.12. The van der Waals surface area contributed by atoms with E-state index in [1.165, 1.54) is 19.3 Å². The SMILES string of the molecule is CC(C)C(=O)NC(C(N)=S)C1CCCCC1. The van der Waals surface area contributed by atoms with E-state index in [1.54, 1.807) is 0 Å². The molecule has 16 heavy (non-hydrogen) atoms. The molecule has 3 N–H and O–H groups in total. The maximum atomic E-state index is 11.7. The molecule has 1 atom stereocenters. The number of hydrogen-bond donors (Lipinski definition) is 2. The molecule has 1 fully saturated rings. The fourth-order valence-electron chi connectivity index (χ4n) is 2.21. The summed E-state index contributed by atoms with van der Waals surface area (Å²) >= 11 is 5.07. The van der Waals surface area contributed by atoms with Crippen LogP contribution in [-0.4, -0.2) is 16.9 Å². The third-order valence-corrected chi connectivity index (χ3v) is 3.50. The van der Waals surface area contributed by atoms with E-state index >= 15 is 0 Å². The van der Waals surface area contributed by atoms with Crippen molar-refractivity contribution in [3.63, 3.8) is 0 Å². The molecule has 0 bridgehead atoms. The first kappa shape index (κ1) is 13.4. The Kier molecular flexibility index (Phi) is 5.19. The number of nitrogens with one attached hydrogen (secondary N) is 1. The number of carbonyl (C=O) groups is 1. The highest BCUT2D eigenvalue weighted by Crippen LogP contribution is 2.26. The molecule has 1 aliphatic carbocycles. The summed E-state index contributed by atoms with van der Waals surface area (Å²) in [5, 5.41) is 2.98. The van der Waals surface area contributed by atoms with Crippen molar-refractivity contribution in [2.45, 2.75) is 52.0 Å². The van der Waals surface area contributed by atoms with Gasteiger partial charge in [0.25, 0.3) is 0 Å². The maximum Gasteiger partial charge on any atom is 0.223 e. The summed E-state index contributed by atoms with van der Waals surface area (Å²) in [5.74, 6) is 0.470. The molecular formula is C12H22N2OS. The van der Waals surface area contributed by atoms with E-state index < -0.39 is 0 Å². The van der Waals surface area contributed by atoms with E-state index in [2.05, 4.69) is 5.32 Å². The van der Waals surface area contributed by atoms with Gasteiger partial charge in [0.05, 0.1) is 11.0 Å². The van der Waals surface area contributed by atoms with Gasteiger partial charge in [-0.2, -0.15) is 0 Å². The van der Waals surface area contributed by atoms with Crippen molar-refractivity contribution in [1.29, 1.82) is 0 Å². The minimum atomic E-state index is -0.106. The molecule has 0 aromatic carbocycles. The van der Waals surface area contributed by atoms with Gasteiger partial charge in [-0.1, -0.05) is 45.3 Å². The molecule has 1 rings (SSSR count). The maximum absolute atomic E-state index is 11.7. The number of nitrogens with two attached hydrogens (primary N) is 1. The lowest BCUT2D eigenvalue weighted by Gasteiger charge is -2.30. The van der Waals surface area contributed by atoms with E-state index in [9.17, 15) is 4.79 Å². The highest BCUT2D eigenvalue weighted by molar-refractivity contribution is 7.80. The average Bonchev–Trinajstić information content (AvgIpc) is 2.26. The van der Waals surface area contributed by atoms with Gasteiger partial charge in [0.1, 0.15) is 0 Å². The van der Waals surface area contributed by atoms with Crippen LogP contribution in [0.5, 0.6) is 0 Å². The van der Waals surface area contributed by atoms with Crippen LogP contribution < -0.4 is 11.1 Å². The van der Waals surface area contributed by atoms with Crippen molar-refractivity contribution in [2.75, 3.05) is 0 Å². The Labute approximate surface area is 103 Å². The van der Waals surface area contributed by atoms with Crippen molar-refractivity contribution in [1.82, 2.24) is 5.32 Å². The summed E-state index contributed by atoms with van der Waals surface area (Å²) in [4.78, 5) is 12.1. The fraction of sp³-hybridized carbons (Fsp3) is 0.833. The molecule has 92 valence electrons. The number of hydrogen-bond acceptors (Lipinski definition) is 2. The minimum absolute atomic E-state index is 0.0135. The lowest BCUT2D eigenvalue weighted by Crippen LogP contribution is -2.49. The normalized spacial score (nSPS) is 19.4. The number of amides is 1. The first-order valence-corrected chi connectivity index (χ1v) is 6.53. The van der Waals surface area contributed by atoms with Crippen LogP contribution in [0.2, 0.25) is 0 Å². The second-order valence-corrected chi connectivity index (χ2v) is 5.41. The highest BCUT2D eigenvalue weighted by atomic mass is 32.1. The number of thiocarbonyl (C=S) groups is 1. The van der Waals surface area contributed by atoms with Crippen molar-refractivity contribution in [3.8, 4) is 0 Å². The Morgan fingerprint density at radius 3 is 2.31 bits per heavy atom. The summed E-state index contributed by atoms with van der Waals surface area (Å²) in [7, 11) is 0. The van der Waals surface area contributed by atoms with Gasteiger partial charge in [-0.15, -0.1) is 0 Å². The Morgan fingerprint density at radius 1 is 1.31 bits per heavy atom. The molecule has 1 amide bonds. The topological polar surface area (TPSA) is 55.1 Å².